The fourth-order valence-corrected chi connectivity index (χ4v) is 4.03. The maximum Gasteiger partial charge on any atom is 0.303 e. The summed E-state index contributed by atoms with van der Waals surface area (Å²) in [6, 6.07) is 7.43. The SMILES string of the molecule is O=C(O)CC1CCN(C(=O)c2ccc(OCC3CCCCC3)cc2)CC1. The Bertz CT molecular complexity index is 599. The zero-order valence-electron chi connectivity index (χ0n) is 15.4. The third-order valence-electron chi connectivity index (χ3n) is 5.68. The standard InChI is InChI=1S/C21H29NO4/c23-20(24)14-16-10-12-22(13-11-16)21(25)18-6-8-19(9-7-18)26-15-17-4-2-1-3-5-17/h6-9,16-17H,1-5,10-15H2,(H,23,24). The number of carbonyl (C=O) groups excluding carboxylic acids is 1. The van der Waals surface area contributed by atoms with Gasteiger partial charge in [0.1, 0.15) is 5.75 Å². The van der Waals surface area contributed by atoms with Crippen LogP contribution in [0.25, 0.3) is 0 Å². The number of piperidine rings is 1. The van der Waals surface area contributed by atoms with E-state index in [2.05, 4.69) is 0 Å². The topological polar surface area (TPSA) is 66.8 Å². The van der Waals surface area contributed by atoms with E-state index in [-0.39, 0.29) is 18.2 Å². The molecule has 1 saturated heterocycles. The molecule has 0 unspecified atom stereocenters. The van der Waals surface area contributed by atoms with E-state index in [0.717, 1.165) is 25.2 Å². The number of hydrogen-bond acceptors (Lipinski definition) is 3. The van der Waals surface area contributed by atoms with Crippen LogP contribution >= 0.6 is 0 Å². The van der Waals surface area contributed by atoms with Crippen LogP contribution in [0, 0.1) is 11.8 Å². The highest BCUT2D eigenvalue weighted by Gasteiger charge is 2.25. The molecule has 1 heterocycles. The van der Waals surface area contributed by atoms with Gasteiger partial charge in [-0.2, -0.15) is 0 Å². The first-order valence-corrected chi connectivity index (χ1v) is 9.86. The summed E-state index contributed by atoms with van der Waals surface area (Å²) in [5.74, 6) is 0.952. The number of likely N-dealkylation sites (tertiary alicyclic amines) is 1. The van der Waals surface area contributed by atoms with Crippen LogP contribution in [0.15, 0.2) is 24.3 Å². The van der Waals surface area contributed by atoms with Gasteiger partial charge in [-0.1, -0.05) is 19.3 Å². The second-order valence-electron chi connectivity index (χ2n) is 7.67. The summed E-state index contributed by atoms with van der Waals surface area (Å²) in [6.07, 6.45) is 8.22. The van der Waals surface area contributed by atoms with Crippen LogP contribution in [0.1, 0.15) is 61.7 Å². The molecule has 0 aromatic heterocycles. The van der Waals surface area contributed by atoms with Crippen molar-refractivity contribution in [1.82, 2.24) is 4.90 Å². The van der Waals surface area contributed by atoms with Gasteiger partial charge in [0.25, 0.3) is 5.91 Å². The maximum absolute atomic E-state index is 12.6. The molecule has 26 heavy (non-hydrogen) atoms. The minimum absolute atomic E-state index is 0.0256. The van der Waals surface area contributed by atoms with Gasteiger partial charge in [-0.3, -0.25) is 9.59 Å². The number of hydrogen-bond donors (Lipinski definition) is 1. The number of rotatable bonds is 6. The Hall–Kier alpha value is -2.04. The van der Waals surface area contributed by atoms with Crippen molar-refractivity contribution >= 4 is 11.9 Å². The molecule has 5 heteroatoms. The van der Waals surface area contributed by atoms with Crippen LogP contribution in [0.5, 0.6) is 5.75 Å². The van der Waals surface area contributed by atoms with Crippen molar-refractivity contribution < 1.29 is 19.4 Å². The van der Waals surface area contributed by atoms with E-state index < -0.39 is 5.97 Å². The molecule has 1 aromatic rings. The molecule has 1 aliphatic heterocycles. The smallest absolute Gasteiger partial charge is 0.303 e. The lowest BCUT2D eigenvalue weighted by Crippen LogP contribution is -2.38. The number of amides is 1. The summed E-state index contributed by atoms with van der Waals surface area (Å²) < 4.78 is 5.90. The zero-order chi connectivity index (χ0) is 18.4. The summed E-state index contributed by atoms with van der Waals surface area (Å²) in [6.45, 7) is 2.04. The molecule has 1 N–H and O–H groups in total. The number of carboxylic acid groups (broad SMARTS) is 1. The van der Waals surface area contributed by atoms with Gasteiger partial charge >= 0.3 is 5.97 Å². The highest BCUT2D eigenvalue weighted by molar-refractivity contribution is 5.94. The molecule has 0 atom stereocenters. The van der Waals surface area contributed by atoms with E-state index >= 15 is 0 Å². The predicted octanol–water partition coefficient (Wildman–Crippen LogP) is 3.97. The average molecular weight is 359 g/mol. The lowest BCUT2D eigenvalue weighted by Gasteiger charge is -2.31. The molecule has 1 amide bonds. The number of carboxylic acids is 1. The van der Waals surface area contributed by atoms with Crippen LogP contribution in [0.3, 0.4) is 0 Å². The second-order valence-corrected chi connectivity index (χ2v) is 7.67. The van der Waals surface area contributed by atoms with Crippen molar-refractivity contribution in [2.75, 3.05) is 19.7 Å². The number of aliphatic carboxylic acids is 1. The van der Waals surface area contributed by atoms with Gasteiger partial charge in [0.05, 0.1) is 6.61 Å². The van der Waals surface area contributed by atoms with Crippen molar-refractivity contribution in [2.45, 2.75) is 51.4 Å². The van der Waals surface area contributed by atoms with Gasteiger partial charge < -0.3 is 14.7 Å². The molecule has 0 spiro atoms. The summed E-state index contributed by atoms with van der Waals surface area (Å²) in [5.41, 5.74) is 0.673. The zero-order valence-corrected chi connectivity index (χ0v) is 15.4. The molecule has 0 radical (unpaired) electrons. The summed E-state index contributed by atoms with van der Waals surface area (Å²) in [4.78, 5) is 25.2. The van der Waals surface area contributed by atoms with Crippen molar-refractivity contribution in [2.24, 2.45) is 11.8 Å². The Kier molecular flexibility index (Phi) is 6.53. The maximum atomic E-state index is 12.6. The highest BCUT2D eigenvalue weighted by Crippen LogP contribution is 2.25. The Balaban J connectivity index is 1.47. The van der Waals surface area contributed by atoms with Crippen LogP contribution in [-0.2, 0) is 4.79 Å². The lowest BCUT2D eigenvalue weighted by atomic mass is 9.90. The number of carbonyl (C=O) groups is 2. The first-order chi connectivity index (χ1) is 12.6. The summed E-state index contributed by atoms with van der Waals surface area (Å²) >= 11 is 0. The van der Waals surface area contributed by atoms with E-state index in [0.29, 0.717) is 24.6 Å². The Labute approximate surface area is 155 Å². The predicted molar refractivity (Wildman–Crippen MR) is 99.4 cm³/mol. The normalized spacial score (nSPS) is 19.3. The molecule has 3 rings (SSSR count). The molecule has 2 fully saturated rings. The van der Waals surface area contributed by atoms with E-state index in [9.17, 15) is 9.59 Å². The van der Waals surface area contributed by atoms with Crippen LogP contribution in [0.4, 0.5) is 0 Å². The second kappa shape index (κ2) is 9.06. The van der Waals surface area contributed by atoms with E-state index in [1.54, 1.807) is 0 Å². The third kappa shape index (κ3) is 5.23. The minimum atomic E-state index is -0.751. The molecule has 1 aliphatic carbocycles. The number of nitrogens with zero attached hydrogens (tertiary/aromatic N) is 1. The van der Waals surface area contributed by atoms with Gasteiger partial charge in [-0.05, 0) is 61.8 Å². The van der Waals surface area contributed by atoms with Crippen molar-refractivity contribution in [1.29, 1.82) is 0 Å². The van der Waals surface area contributed by atoms with E-state index in [4.69, 9.17) is 9.84 Å². The molecule has 5 nitrogen and oxygen atoms in total. The van der Waals surface area contributed by atoms with Gasteiger partial charge in [0.15, 0.2) is 0 Å². The molecule has 0 bridgehead atoms. The largest absolute Gasteiger partial charge is 0.493 e. The molecule has 142 valence electrons. The van der Waals surface area contributed by atoms with Crippen molar-refractivity contribution in [3.8, 4) is 5.75 Å². The van der Waals surface area contributed by atoms with Crippen molar-refractivity contribution in [3.05, 3.63) is 29.8 Å². The van der Waals surface area contributed by atoms with Gasteiger partial charge in [-0.15, -0.1) is 0 Å². The van der Waals surface area contributed by atoms with Crippen LogP contribution in [-0.4, -0.2) is 41.6 Å². The Morgan fingerprint density at radius 2 is 1.62 bits per heavy atom. The summed E-state index contributed by atoms with van der Waals surface area (Å²) in [5, 5.41) is 8.88. The van der Waals surface area contributed by atoms with Gasteiger partial charge in [-0.25, -0.2) is 0 Å². The minimum Gasteiger partial charge on any atom is -0.493 e. The molecule has 2 aliphatic rings. The molecule has 1 saturated carbocycles. The first-order valence-electron chi connectivity index (χ1n) is 9.86. The summed E-state index contributed by atoms with van der Waals surface area (Å²) in [7, 11) is 0. The fourth-order valence-electron chi connectivity index (χ4n) is 4.03. The Morgan fingerprint density at radius 3 is 2.23 bits per heavy atom. The number of ether oxygens (including phenoxy) is 1. The van der Waals surface area contributed by atoms with Gasteiger partial charge in [0.2, 0.25) is 0 Å². The lowest BCUT2D eigenvalue weighted by molar-refractivity contribution is -0.138. The van der Waals surface area contributed by atoms with E-state index in [1.165, 1.54) is 32.1 Å². The average Bonchev–Trinajstić information content (AvgIpc) is 2.67. The third-order valence-corrected chi connectivity index (χ3v) is 5.68. The van der Waals surface area contributed by atoms with E-state index in [1.807, 2.05) is 29.2 Å². The quantitative estimate of drug-likeness (QED) is 0.834. The molecular formula is C21H29NO4. The molecular weight excluding hydrogens is 330 g/mol. The fraction of sp³-hybridized carbons (Fsp3) is 0.619. The Morgan fingerprint density at radius 1 is 0.962 bits per heavy atom. The monoisotopic (exact) mass is 359 g/mol. The number of benzene rings is 1. The first kappa shape index (κ1) is 18.7. The molecule has 1 aromatic carbocycles. The van der Waals surface area contributed by atoms with Crippen LogP contribution < -0.4 is 4.74 Å². The van der Waals surface area contributed by atoms with Crippen molar-refractivity contribution in [3.63, 3.8) is 0 Å². The van der Waals surface area contributed by atoms with Gasteiger partial charge in [0, 0.05) is 25.1 Å². The highest BCUT2D eigenvalue weighted by atomic mass is 16.5. The van der Waals surface area contributed by atoms with Crippen LogP contribution in [0.2, 0.25) is 0 Å².